The molecule has 7 nitrogen and oxygen atoms in total. The molecule has 2 aromatic carbocycles. The van der Waals surface area contributed by atoms with E-state index >= 15 is 0 Å². The Bertz CT molecular complexity index is 842. The lowest BCUT2D eigenvalue weighted by Crippen LogP contribution is -2.38. The maximum atomic E-state index is 11.2. The van der Waals surface area contributed by atoms with Crippen molar-refractivity contribution in [3.05, 3.63) is 53.6 Å². The largest absolute Gasteiger partial charge is 0.493 e. The molecule has 2 aromatic rings. The predicted molar refractivity (Wildman–Crippen MR) is 104 cm³/mol. The quantitative estimate of drug-likeness (QED) is 0.709. The van der Waals surface area contributed by atoms with Crippen LogP contribution in [0.2, 0.25) is 0 Å². The molecule has 1 saturated heterocycles. The average Bonchev–Trinajstić information content (AvgIpc) is 2.72. The first-order valence-corrected chi connectivity index (χ1v) is 9.22. The second-order valence-corrected chi connectivity index (χ2v) is 6.95. The number of likely N-dealkylation sites (tertiary alicyclic amines) is 1. The smallest absolute Gasteiger partial charge is 0.407 e. The van der Waals surface area contributed by atoms with Crippen LogP contribution >= 0.6 is 0 Å². The van der Waals surface area contributed by atoms with Crippen LogP contribution in [0, 0.1) is 5.92 Å². The fourth-order valence-electron chi connectivity index (χ4n) is 3.35. The number of piperidine rings is 1. The summed E-state index contributed by atoms with van der Waals surface area (Å²) in [5.74, 6) is 0.448. The minimum absolute atomic E-state index is 0.153. The van der Waals surface area contributed by atoms with Crippen molar-refractivity contribution in [2.24, 2.45) is 11.7 Å². The van der Waals surface area contributed by atoms with Crippen molar-refractivity contribution >= 4 is 12.0 Å². The summed E-state index contributed by atoms with van der Waals surface area (Å²) in [4.78, 5) is 23.6. The summed E-state index contributed by atoms with van der Waals surface area (Å²) in [6.45, 7) is 1.39. The second-order valence-electron chi connectivity index (χ2n) is 6.95. The lowest BCUT2D eigenvalue weighted by atomic mass is 9.98. The molecule has 0 saturated carbocycles. The molecule has 7 heteroatoms. The van der Waals surface area contributed by atoms with E-state index in [0.717, 1.165) is 24.0 Å². The number of benzene rings is 2. The normalized spacial score (nSPS) is 14.7. The Labute approximate surface area is 163 Å². The molecule has 1 aliphatic heterocycles. The fourth-order valence-corrected chi connectivity index (χ4v) is 3.35. The van der Waals surface area contributed by atoms with E-state index in [-0.39, 0.29) is 6.61 Å². The lowest BCUT2D eigenvalue weighted by molar-refractivity contribution is 0.1000. The van der Waals surface area contributed by atoms with Crippen molar-refractivity contribution < 1.29 is 24.5 Å². The van der Waals surface area contributed by atoms with Gasteiger partial charge in [0.15, 0.2) is 0 Å². The van der Waals surface area contributed by atoms with Crippen LogP contribution in [0.5, 0.6) is 5.75 Å². The van der Waals surface area contributed by atoms with Gasteiger partial charge in [0, 0.05) is 24.2 Å². The van der Waals surface area contributed by atoms with E-state index in [1.807, 2.05) is 30.3 Å². The molecule has 1 fully saturated rings. The number of carboxylic acid groups (broad SMARTS) is 1. The molecule has 0 aromatic heterocycles. The number of carbonyl (C=O) groups excluding carboxylic acids is 1. The zero-order chi connectivity index (χ0) is 20.1. The Balaban J connectivity index is 1.65. The minimum Gasteiger partial charge on any atom is -0.493 e. The number of primary amides is 1. The van der Waals surface area contributed by atoms with Gasteiger partial charge in [0.2, 0.25) is 5.91 Å². The molecule has 0 atom stereocenters. The Morgan fingerprint density at radius 1 is 1.07 bits per heavy atom. The number of aliphatic hydroxyl groups excluding tert-OH is 1. The number of rotatable bonds is 6. The average molecular weight is 384 g/mol. The number of nitrogens with zero attached hydrogens (tertiary/aromatic N) is 1. The number of hydrogen-bond donors (Lipinski definition) is 3. The van der Waals surface area contributed by atoms with Crippen LogP contribution < -0.4 is 10.5 Å². The molecule has 0 aliphatic carbocycles. The lowest BCUT2D eigenvalue weighted by Gasteiger charge is -2.30. The molecule has 4 N–H and O–H groups in total. The maximum absolute atomic E-state index is 11.2. The maximum Gasteiger partial charge on any atom is 0.407 e. The summed E-state index contributed by atoms with van der Waals surface area (Å²) in [6.07, 6.45) is 0.664. The zero-order valence-corrected chi connectivity index (χ0v) is 15.5. The summed E-state index contributed by atoms with van der Waals surface area (Å²) in [5.41, 5.74) is 8.20. The van der Waals surface area contributed by atoms with E-state index in [0.29, 0.717) is 42.5 Å². The molecule has 1 heterocycles. The molecular weight excluding hydrogens is 360 g/mol. The van der Waals surface area contributed by atoms with Gasteiger partial charge in [0.1, 0.15) is 5.75 Å². The summed E-state index contributed by atoms with van der Waals surface area (Å²) in [5, 5.41) is 18.7. The molecule has 0 unspecified atom stereocenters. The first kappa shape index (κ1) is 19.7. The third-order valence-corrected chi connectivity index (χ3v) is 5.09. The van der Waals surface area contributed by atoms with Crippen LogP contribution in [-0.2, 0) is 6.61 Å². The van der Waals surface area contributed by atoms with Gasteiger partial charge in [0.05, 0.1) is 13.2 Å². The number of aliphatic hydroxyl groups is 1. The van der Waals surface area contributed by atoms with Gasteiger partial charge in [-0.25, -0.2) is 4.79 Å². The Morgan fingerprint density at radius 3 is 2.29 bits per heavy atom. The van der Waals surface area contributed by atoms with Gasteiger partial charge in [-0.05, 0) is 54.2 Å². The highest BCUT2D eigenvalue weighted by Gasteiger charge is 2.23. The molecule has 148 valence electrons. The van der Waals surface area contributed by atoms with Crippen molar-refractivity contribution in [3.8, 4) is 16.9 Å². The van der Waals surface area contributed by atoms with Crippen molar-refractivity contribution in [2.75, 3.05) is 19.7 Å². The van der Waals surface area contributed by atoms with E-state index in [9.17, 15) is 14.7 Å². The molecule has 3 rings (SSSR count). The molecule has 0 spiro atoms. The van der Waals surface area contributed by atoms with Crippen LogP contribution in [0.4, 0.5) is 4.79 Å². The van der Waals surface area contributed by atoms with E-state index in [1.54, 1.807) is 12.1 Å². The fraction of sp³-hybridized carbons (Fsp3) is 0.333. The van der Waals surface area contributed by atoms with Gasteiger partial charge in [0.25, 0.3) is 0 Å². The van der Waals surface area contributed by atoms with Crippen molar-refractivity contribution in [1.29, 1.82) is 0 Å². The van der Waals surface area contributed by atoms with Gasteiger partial charge in [-0.2, -0.15) is 0 Å². The number of hydrogen-bond acceptors (Lipinski definition) is 4. The number of amides is 2. The van der Waals surface area contributed by atoms with Crippen LogP contribution in [-0.4, -0.2) is 46.8 Å². The standard InChI is InChI=1S/C21H24N2O5/c22-20(25)16-3-1-15(2-4-16)17-5-6-19(18(11-17)12-24)28-13-14-7-9-23(10-8-14)21(26)27/h1-6,11,14,24H,7-10,12-13H2,(H2,22,25)(H,26,27). The summed E-state index contributed by atoms with van der Waals surface area (Å²) >= 11 is 0. The highest BCUT2D eigenvalue weighted by Crippen LogP contribution is 2.28. The molecule has 28 heavy (non-hydrogen) atoms. The van der Waals surface area contributed by atoms with Crippen LogP contribution in [0.1, 0.15) is 28.8 Å². The Morgan fingerprint density at radius 2 is 1.71 bits per heavy atom. The van der Waals surface area contributed by atoms with Crippen molar-refractivity contribution in [2.45, 2.75) is 19.4 Å². The summed E-state index contributed by atoms with van der Waals surface area (Å²) < 4.78 is 5.92. The second kappa shape index (κ2) is 8.75. The number of carbonyl (C=O) groups is 2. The van der Waals surface area contributed by atoms with Crippen LogP contribution in [0.3, 0.4) is 0 Å². The van der Waals surface area contributed by atoms with Crippen LogP contribution in [0.15, 0.2) is 42.5 Å². The number of nitrogens with two attached hydrogens (primary N) is 1. The Kier molecular flexibility index (Phi) is 6.16. The van der Waals surface area contributed by atoms with E-state index < -0.39 is 12.0 Å². The van der Waals surface area contributed by atoms with Gasteiger partial charge in [-0.1, -0.05) is 18.2 Å². The zero-order valence-electron chi connectivity index (χ0n) is 15.5. The van der Waals surface area contributed by atoms with Crippen molar-refractivity contribution in [3.63, 3.8) is 0 Å². The van der Waals surface area contributed by atoms with E-state index in [2.05, 4.69) is 0 Å². The van der Waals surface area contributed by atoms with Gasteiger partial charge >= 0.3 is 6.09 Å². The monoisotopic (exact) mass is 384 g/mol. The summed E-state index contributed by atoms with van der Waals surface area (Å²) in [6, 6.07) is 12.6. The van der Waals surface area contributed by atoms with E-state index in [4.69, 9.17) is 15.6 Å². The molecule has 0 bridgehead atoms. The first-order chi connectivity index (χ1) is 13.5. The molecule has 0 radical (unpaired) electrons. The van der Waals surface area contributed by atoms with Gasteiger partial charge in [-0.15, -0.1) is 0 Å². The van der Waals surface area contributed by atoms with Crippen molar-refractivity contribution in [1.82, 2.24) is 4.90 Å². The highest BCUT2D eigenvalue weighted by atomic mass is 16.5. The molecular formula is C21H24N2O5. The first-order valence-electron chi connectivity index (χ1n) is 9.22. The third kappa shape index (κ3) is 4.61. The molecule has 2 amide bonds. The Hall–Kier alpha value is -3.06. The van der Waals surface area contributed by atoms with E-state index in [1.165, 1.54) is 4.90 Å². The SMILES string of the molecule is NC(=O)c1ccc(-c2ccc(OCC3CCN(C(=O)O)CC3)c(CO)c2)cc1. The topological polar surface area (TPSA) is 113 Å². The number of ether oxygens (including phenoxy) is 1. The summed E-state index contributed by atoms with van der Waals surface area (Å²) in [7, 11) is 0. The highest BCUT2D eigenvalue weighted by molar-refractivity contribution is 5.93. The minimum atomic E-state index is -0.874. The van der Waals surface area contributed by atoms with Gasteiger partial charge in [-0.3, -0.25) is 4.79 Å². The third-order valence-electron chi connectivity index (χ3n) is 5.09. The molecule has 1 aliphatic rings. The van der Waals surface area contributed by atoms with Gasteiger partial charge < -0.3 is 25.6 Å². The van der Waals surface area contributed by atoms with Crippen LogP contribution in [0.25, 0.3) is 11.1 Å². The predicted octanol–water partition coefficient (Wildman–Crippen LogP) is 2.71.